The largest absolute Gasteiger partial charge is 0.480 e. The van der Waals surface area contributed by atoms with Gasteiger partial charge in [0.2, 0.25) is 15.9 Å². The van der Waals surface area contributed by atoms with E-state index in [1.165, 1.54) is 22.2 Å². The number of carbonyl (C=O) groups is 2. The van der Waals surface area contributed by atoms with Gasteiger partial charge in [0.25, 0.3) is 0 Å². The highest BCUT2D eigenvalue weighted by Gasteiger charge is 2.41. The lowest BCUT2D eigenvalue weighted by atomic mass is 10.0. The standard InChI is InChI=1S/C25H30FN3O5S/c1-17-8-11-24(19-6-4-3-5-7-19)35(33,34)29(17)15-20-9-10-21(14-22(20)26)27-12-13-28(18(2)30)23(16-27)25(31)32/h3-7,9-10,14,17,23-24H,8,11-13,15-16H2,1-2H3,(H,31,32)/t17-,23-,24?/m0/s1. The predicted octanol–water partition coefficient (Wildman–Crippen LogP) is 3.00. The molecule has 0 bridgehead atoms. The van der Waals surface area contributed by atoms with Gasteiger partial charge in [0, 0.05) is 50.4 Å². The van der Waals surface area contributed by atoms with Gasteiger partial charge in [-0.1, -0.05) is 36.4 Å². The Hall–Kier alpha value is -2.98. The van der Waals surface area contributed by atoms with Gasteiger partial charge in [-0.15, -0.1) is 0 Å². The summed E-state index contributed by atoms with van der Waals surface area (Å²) in [5.41, 5.74) is 1.49. The van der Waals surface area contributed by atoms with E-state index >= 15 is 4.39 Å². The minimum absolute atomic E-state index is 0.0456. The molecule has 4 rings (SSSR count). The minimum Gasteiger partial charge on any atom is -0.480 e. The Morgan fingerprint density at radius 1 is 1.09 bits per heavy atom. The molecule has 2 heterocycles. The zero-order valence-corrected chi connectivity index (χ0v) is 20.6. The number of carboxylic acid groups (broad SMARTS) is 1. The second kappa shape index (κ2) is 9.94. The topological polar surface area (TPSA) is 98.2 Å². The van der Waals surface area contributed by atoms with Gasteiger partial charge >= 0.3 is 5.97 Å². The number of aliphatic carboxylic acids is 1. The Morgan fingerprint density at radius 2 is 1.80 bits per heavy atom. The van der Waals surface area contributed by atoms with Crippen LogP contribution in [0.3, 0.4) is 0 Å². The van der Waals surface area contributed by atoms with Crippen LogP contribution in [0.1, 0.15) is 43.1 Å². The van der Waals surface area contributed by atoms with Crippen molar-refractivity contribution in [1.29, 1.82) is 0 Å². The lowest BCUT2D eigenvalue weighted by Crippen LogP contribution is -2.58. The van der Waals surface area contributed by atoms with E-state index in [2.05, 4.69) is 0 Å². The van der Waals surface area contributed by atoms with Gasteiger partial charge in [-0.05, 0) is 37.5 Å². The van der Waals surface area contributed by atoms with Crippen LogP contribution in [0.25, 0.3) is 0 Å². The van der Waals surface area contributed by atoms with Gasteiger partial charge in [0.1, 0.15) is 17.1 Å². The number of benzene rings is 2. The molecule has 2 aliphatic heterocycles. The van der Waals surface area contributed by atoms with Crippen LogP contribution in [0.15, 0.2) is 48.5 Å². The van der Waals surface area contributed by atoms with E-state index in [0.29, 0.717) is 25.1 Å². The lowest BCUT2D eigenvalue weighted by molar-refractivity contribution is -0.149. The average molecular weight is 504 g/mol. The molecule has 1 unspecified atom stereocenters. The molecule has 8 nitrogen and oxygen atoms in total. The van der Waals surface area contributed by atoms with E-state index in [9.17, 15) is 23.1 Å². The molecule has 0 saturated carbocycles. The number of piperazine rings is 1. The summed E-state index contributed by atoms with van der Waals surface area (Å²) in [6.07, 6.45) is 1.19. The van der Waals surface area contributed by atoms with Gasteiger partial charge in [-0.3, -0.25) is 4.79 Å². The summed E-state index contributed by atoms with van der Waals surface area (Å²) in [6, 6.07) is 12.4. The van der Waals surface area contributed by atoms with Crippen molar-refractivity contribution in [2.45, 2.75) is 50.6 Å². The number of halogens is 1. The minimum atomic E-state index is -3.69. The van der Waals surface area contributed by atoms with E-state index in [-0.39, 0.29) is 37.1 Å². The Bertz CT molecular complexity index is 1210. The number of anilines is 1. The average Bonchev–Trinajstić information content (AvgIpc) is 2.82. The van der Waals surface area contributed by atoms with Crippen LogP contribution < -0.4 is 4.90 Å². The van der Waals surface area contributed by atoms with Crippen molar-refractivity contribution in [1.82, 2.24) is 9.21 Å². The predicted molar refractivity (Wildman–Crippen MR) is 130 cm³/mol. The Balaban J connectivity index is 1.54. The normalized spacial score (nSPS) is 24.8. The van der Waals surface area contributed by atoms with E-state index in [0.717, 1.165) is 5.56 Å². The highest BCUT2D eigenvalue weighted by Crippen LogP contribution is 2.38. The van der Waals surface area contributed by atoms with Crippen LogP contribution in [-0.2, 0) is 26.2 Å². The second-order valence-electron chi connectivity index (χ2n) is 9.20. The molecule has 3 atom stereocenters. The summed E-state index contributed by atoms with van der Waals surface area (Å²) >= 11 is 0. The summed E-state index contributed by atoms with van der Waals surface area (Å²) in [7, 11) is -3.69. The zero-order chi connectivity index (χ0) is 25.3. The SMILES string of the molecule is CC(=O)N1CCN(c2ccc(CN3[C@@H](C)CCC(c4ccccc4)S3(=O)=O)c(F)c2)C[C@H]1C(=O)O. The number of nitrogens with zero attached hydrogens (tertiary/aromatic N) is 3. The zero-order valence-electron chi connectivity index (χ0n) is 19.8. The third kappa shape index (κ3) is 5.04. The number of carboxylic acids is 1. The Morgan fingerprint density at radius 3 is 2.43 bits per heavy atom. The molecule has 0 spiro atoms. The molecular weight excluding hydrogens is 473 g/mol. The molecule has 0 aliphatic carbocycles. The van der Waals surface area contributed by atoms with Crippen LogP contribution >= 0.6 is 0 Å². The van der Waals surface area contributed by atoms with Crippen LogP contribution in [0.5, 0.6) is 0 Å². The third-order valence-corrected chi connectivity index (χ3v) is 9.36. The van der Waals surface area contributed by atoms with Crippen molar-refractivity contribution in [3.63, 3.8) is 0 Å². The van der Waals surface area contributed by atoms with E-state index in [4.69, 9.17) is 0 Å². The molecule has 2 aliphatic rings. The smallest absolute Gasteiger partial charge is 0.328 e. The van der Waals surface area contributed by atoms with E-state index in [1.54, 1.807) is 17.0 Å². The first-order chi connectivity index (χ1) is 16.6. The van der Waals surface area contributed by atoms with Crippen molar-refractivity contribution >= 4 is 27.6 Å². The fourth-order valence-electron chi connectivity index (χ4n) is 4.99. The number of hydrogen-bond acceptors (Lipinski definition) is 5. The molecule has 2 fully saturated rings. The first-order valence-corrected chi connectivity index (χ1v) is 13.2. The van der Waals surface area contributed by atoms with Crippen molar-refractivity contribution in [2.75, 3.05) is 24.5 Å². The highest BCUT2D eigenvalue weighted by atomic mass is 32.2. The second-order valence-corrected chi connectivity index (χ2v) is 11.3. The monoisotopic (exact) mass is 503 g/mol. The van der Waals surface area contributed by atoms with Crippen molar-refractivity contribution in [3.05, 3.63) is 65.5 Å². The summed E-state index contributed by atoms with van der Waals surface area (Å²) in [5.74, 6) is -1.98. The van der Waals surface area contributed by atoms with Crippen LogP contribution in [0, 0.1) is 5.82 Å². The van der Waals surface area contributed by atoms with Gasteiger partial charge in [-0.25, -0.2) is 17.6 Å². The molecular formula is C25H30FN3O5S. The van der Waals surface area contributed by atoms with E-state index < -0.39 is 33.1 Å². The maximum absolute atomic E-state index is 15.2. The van der Waals surface area contributed by atoms with Crippen LogP contribution in [0.4, 0.5) is 10.1 Å². The summed E-state index contributed by atoms with van der Waals surface area (Å²) in [6.45, 7) is 3.74. The maximum Gasteiger partial charge on any atom is 0.328 e. The molecule has 188 valence electrons. The molecule has 10 heteroatoms. The highest BCUT2D eigenvalue weighted by molar-refractivity contribution is 7.89. The van der Waals surface area contributed by atoms with Crippen molar-refractivity contribution in [2.24, 2.45) is 0 Å². The quantitative estimate of drug-likeness (QED) is 0.674. The molecule has 0 aromatic heterocycles. The van der Waals surface area contributed by atoms with Crippen molar-refractivity contribution < 1.29 is 27.5 Å². The number of sulfonamides is 1. The number of hydrogen-bond donors (Lipinski definition) is 1. The maximum atomic E-state index is 15.2. The fourth-order valence-corrected chi connectivity index (χ4v) is 7.17. The summed E-state index contributed by atoms with van der Waals surface area (Å²) in [4.78, 5) is 26.5. The van der Waals surface area contributed by atoms with E-state index in [1.807, 2.05) is 37.3 Å². The van der Waals surface area contributed by atoms with Gasteiger partial charge < -0.3 is 14.9 Å². The van der Waals surface area contributed by atoms with Gasteiger partial charge in [-0.2, -0.15) is 4.31 Å². The Labute approximate surface area is 205 Å². The molecule has 1 amide bonds. The molecule has 2 saturated heterocycles. The number of rotatable bonds is 5. The molecule has 0 radical (unpaired) electrons. The molecule has 1 N–H and O–H groups in total. The van der Waals surface area contributed by atoms with Crippen molar-refractivity contribution in [3.8, 4) is 0 Å². The number of amides is 1. The van der Waals surface area contributed by atoms with Gasteiger partial charge in [0.15, 0.2) is 0 Å². The van der Waals surface area contributed by atoms with Crippen LogP contribution in [-0.4, -0.2) is 66.3 Å². The van der Waals surface area contributed by atoms with Gasteiger partial charge in [0.05, 0.1) is 0 Å². The molecule has 2 aromatic rings. The molecule has 2 aromatic carbocycles. The lowest BCUT2D eigenvalue weighted by Gasteiger charge is -2.40. The molecule has 35 heavy (non-hydrogen) atoms. The Kier molecular flexibility index (Phi) is 7.14. The first-order valence-electron chi connectivity index (χ1n) is 11.7. The number of carbonyl (C=O) groups excluding carboxylic acids is 1. The summed E-state index contributed by atoms with van der Waals surface area (Å²) < 4.78 is 43.5. The third-order valence-electron chi connectivity index (χ3n) is 6.99. The fraction of sp³-hybridized carbons (Fsp3) is 0.440. The first kappa shape index (κ1) is 25.1. The van der Waals surface area contributed by atoms with Crippen LogP contribution in [0.2, 0.25) is 0 Å². The summed E-state index contributed by atoms with van der Waals surface area (Å²) in [5, 5.41) is 8.86.